The van der Waals surface area contributed by atoms with Crippen molar-refractivity contribution in [2.75, 3.05) is 7.11 Å². The maximum absolute atomic E-state index is 5.37. The minimum Gasteiger partial charge on any atom is -0.497 e. The Morgan fingerprint density at radius 2 is 1.62 bits per heavy atom. The maximum atomic E-state index is 5.37. The first-order valence-electron chi connectivity index (χ1n) is 8.81. The molecule has 0 amide bonds. The molecule has 0 bridgehead atoms. The fraction of sp³-hybridized carbons (Fsp3) is 0.200. The number of nitrogens with zero attached hydrogens (tertiary/aromatic N) is 4. The lowest BCUT2D eigenvalue weighted by Crippen LogP contribution is -1.84. The molecule has 9 heteroatoms. The number of benzene rings is 2. The van der Waals surface area contributed by atoms with Crippen LogP contribution in [0, 0.1) is 6.92 Å². The summed E-state index contributed by atoms with van der Waals surface area (Å²) >= 11 is 4.81. The molecule has 0 spiro atoms. The second-order valence-corrected chi connectivity index (χ2v) is 9.56. The minimum absolute atomic E-state index is 0.536. The molecule has 0 aliphatic rings. The Balaban J connectivity index is 1.29. The van der Waals surface area contributed by atoms with Crippen LogP contribution in [-0.4, -0.2) is 27.4 Å². The van der Waals surface area contributed by atoms with Crippen LogP contribution in [0.5, 0.6) is 5.75 Å². The average molecular weight is 443 g/mol. The van der Waals surface area contributed by atoms with Crippen molar-refractivity contribution < 1.29 is 9.26 Å². The molecule has 0 saturated heterocycles. The van der Waals surface area contributed by atoms with E-state index in [1.807, 2.05) is 43.3 Å². The molecular weight excluding hydrogens is 424 g/mol. The van der Waals surface area contributed by atoms with Crippen molar-refractivity contribution in [3.63, 3.8) is 0 Å². The molecule has 0 aliphatic carbocycles. The summed E-state index contributed by atoms with van der Waals surface area (Å²) < 4.78 is 12.4. The van der Waals surface area contributed by atoms with Crippen LogP contribution in [0.2, 0.25) is 0 Å². The Morgan fingerprint density at radius 1 is 0.931 bits per heavy atom. The van der Waals surface area contributed by atoms with Crippen LogP contribution in [0.25, 0.3) is 11.5 Å². The van der Waals surface area contributed by atoms with Crippen LogP contribution in [0.15, 0.2) is 61.7 Å². The molecule has 0 unspecified atom stereocenters. The number of hydrogen-bond donors (Lipinski definition) is 0. The normalized spacial score (nSPS) is 11.0. The first-order chi connectivity index (χ1) is 14.2. The summed E-state index contributed by atoms with van der Waals surface area (Å²) in [5.41, 5.74) is 3.34. The number of thioether (sulfide) groups is 2. The van der Waals surface area contributed by atoms with E-state index in [2.05, 4.69) is 32.5 Å². The fourth-order valence-electron chi connectivity index (χ4n) is 2.43. The van der Waals surface area contributed by atoms with Crippen LogP contribution in [0.4, 0.5) is 0 Å². The molecule has 6 nitrogen and oxygen atoms in total. The monoisotopic (exact) mass is 442 g/mol. The van der Waals surface area contributed by atoms with Gasteiger partial charge in [0.2, 0.25) is 0 Å². The van der Waals surface area contributed by atoms with E-state index in [1.54, 1.807) is 42.0 Å². The largest absolute Gasteiger partial charge is 0.497 e. The summed E-state index contributed by atoms with van der Waals surface area (Å²) in [6.07, 6.45) is 0. The van der Waals surface area contributed by atoms with Gasteiger partial charge in [0, 0.05) is 11.3 Å². The molecule has 0 aliphatic heterocycles. The van der Waals surface area contributed by atoms with Crippen molar-refractivity contribution in [2.45, 2.75) is 27.1 Å². The van der Waals surface area contributed by atoms with Crippen molar-refractivity contribution in [3.05, 3.63) is 65.5 Å². The van der Waals surface area contributed by atoms with Gasteiger partial charge in [0.25, 0.3) is 5.89 Å². The van der Waals surface area contributed by atoms with Gasteiger partial charge in [0.15, 0.2) is 14.5 Å². The van der Waals surface area contributed by atoms with Gasteiger partial charge in [-0.1, -0.05) is 69.8 Å². The van der Waals surface area contributed by atoms with E-state index < -0.39 is 0 Å². The quantitative estimate of drug-likeness (QED) is 0.332. The van der Waals surface area contributed by atoms with Crippen LogP contribution in [0.3, 0.4) is 0 Å². The van der Waals surface area contributed by atoms with Gasteiger partial charge in [-0.3, -0.25) is 0 Å². The first kappa shape index (κ1) is 19.9. The molecule has 2 aromatic carbocycles. The predicted molar refractivity (Wildman–Crippen MR) is 116 cm³/mol. The van der Waals surface area contributed by atoms with Gasteiger partial charge in [0.05, 0.1) is 12.9 Å². The second-order valence-electron chi connectivity index (χ2n) is 6.14. The Hall–Kier alpha value is -2.36. The number of aromatic nitrogens is 4. The molecule has 2 aromatic heterocycles. The third kappa shape index (κ3) is 5.37. The van der Waals surface area contributed by atoms with E-state index >= 15 is 0 Å². The highest BCUT2D eigenvalue weighted by Crippen LogP contribution is 2.32. The Labute approximate surface area is 181 Å². The van der Waals surface area contributed by atoms with Crippen molar-refractivity contribution in [1.29, 1.82) is 0 Å². The maximum Gasteiger partial charge on any atom is 0.257 e. The average Bonchev–Trinajstić information content (AvgIpc) is 3.41. The first-order valence-corrected chi connectivity index (χ1v) is 11.6. The molecule has 4 rings (SSSR count). The third-order valence-electron chi connectivity index (χ3n) is 4.00. The Morgan fingerprint density at radius 3 is 2.31 bits per heavy atom. The summed E-state index contributed by atoms with van der Waals surface area (Å²) in [6.45, 7) is 2.05. The summed E-state index contributed by atoms with van der Waals surface area (Å²) in [5, 5.41) is 12.6. The second kappa shape index (κ2) is 9.43. The van der Waals surface area contributed by atoms with Gasteiger partial charge < -0.3 is 9.26 Å². The van der Waals surface area contributed by atoms with Crippen LogP contribution in [-0.2, 0) is 11.5 Å². The van der Waals surface area contributed by atoms with Gasteiger partial charge in [-0.2, -0.15) is 4.98 Å². The third-order valence-corrected chi connectivity index (χ3v) is 7.26. The summed E-state index contributed by atoms with van der Waals surface area (Å²) in [7, 11) is 1.67. The van der Waals surface area contributed by atoms with Gasteiger partial charge >= 0.3 is 0 Å². The van der Waals surface area contributed by atoms with E-state index in [-0.39, 0.29) is 0 Å². The lowest BCUT2D eigenvalue weighted by Gasteiger charge is -2.01. The molecule has 0 N–H and O–H groups in total. The molecule has 0 atom stereocenters. The fourth-order valence-corrected chi connectivity index (χ4v) is 5.25. The van der Waals surface area contributed by atoms with Gasteiger partial charge in [0.1, 0.15) is 5.75 Å². The van der Waals surface area contributed by atoms with Crippen molar-refractivity contribution in [2.24, 2.45) is 0 Å². The highest BCUT2D eigenvalue weighted by atomic mass is 32.2. The highest BCUT2D eigenvalue weighted by molar-refractivity contribution is 8.02. The van der Waals surface area contributed by atoms with Crippen LogP contribution in [0.1, 0.15) is 17.0 Å². The molecular formula is C20H18N4O2S3. The number of methoxy groups -OCH3 is 1. The lowest BCUT2D eigenvalue weighted by molar-refractivity contribution is 0.414. The molecule has 4 aromatic rings. The topological polar surface area (TPSA) is 73.9 Å². The Bertz CT molecular complexity index is 1060. The smallest absolute Gasteiger partial charge is 0.257 e. The number of hydrogen-bond acceptors (Lipinski definition) is 9. The van der Waals surface area contributed by atoms with Gasteiger partial charge in [-0.25, -0.2) is 0 Å². The molecule has 0 fully saturated rings. The minimum atomic E-state index is 0.536. The van der Waals surface area contributed by atoms with E-state index in [4.69, 9.17) is 9.26 Å². The van der Waals surface area contributed by atoms with Crippen molar-refractivity contribution >= 4 is 34.9 Å². The molecule has 148 valence electrons. The number of ether oxygens (including phenoxy) is 1. The summed E-state index contributed by atoms with van der Waals surface area (Å²) in [6, 6.07) is 16.1. The van der Waals surface area contributed by atoms with Crippen LogP contribution < -0.4 is 4.74 Å². The number of aryl methyl sites for hydroxylation is 1. The standard InChI is InChI=1S/C20H18N4O2S3/c1-13-3-7-15(8-4-13)18-21-17(24-26-18)12-28-20-23-22-19(29-20)27-11-14-5-9-16(25-2)10-6-14/h3-10H,11-12H2,1-2H3. The van der Waals surface area contributed by atoms with E-state index in [0.717, 1.165) is 25.7 Å². The zero-order valence-electron chi connectivity index (χ0n) is 15.9. The molecule has 2 heterocycles. The van der Waals surface area contributed by atoms with Crippen molar-refractivity contribution in [1.82, 2.24) is 20.3 Å². The zero-order valence-corrected chi connectivity index (χ0v) is 18.3. The molecule has 0 radical (unpaired) electrons. The van der Waals surface area contributed by atoms with Gasteiger partial charge in [-0.15, -0.1) is 10.2 Å². The SMILES string of the molecule is COc1ccc(CSc2nnc(SCc3noc(-c4ccc(C)cc4)n3)s2)cc1. The van der Waals surface area contributed by atoms with E-state index in [1.165, 1.54) is 11.1 Å². The van der Waals surface area contributed by atoms with Crippen molar-refractivity contribution in [3.8, 4) is 17.2 Å². The summed E-state index contributed by atoms with van der Waals surface area (Å²) in [4.78, 5) is 4.46. The summed E-state index contributed by atoms with van der Waals surface area (Å²) in [5.74, 6) is 3.48. The predicted octanol–water partition coefficient (Wildman–Crippen LogP) is 5.49. The molecule has 0 saturated carbocycles. The Kier molecular flexibility index (Phi) is 6.48. The lowest BCUT2D eigenvalue weighted by atomic mass is 10.1. The zero-order chi connectivity index (χ0) is 20.1. The number of rotatable bonds is 8. The van der Waals surface area contributed by atoms with Gasteiger partial charge in [-0.05, 0) is 36.8 Å². The highest BCUT2D eigenvalue weighted by Gasteiger charge is 2.11. The van der Waals surface area contributed by atoms with Crippen LogP contribution >= 0.6 is 34.9 Å². The molecule has 29 heavy (non-hydrogen) atoms. The van der Waals surface area contributed by atoms with E-state index in [9.17, 15) is 0 Å². The van der Waals surface area contributed by atoms with E-state index in [0.29, 0.717) is 17.5 Å².